The van der Waals surface area contributed by atoms with Crippen LogP contribution in [0.2, 0.25) is 0 Å². The van der Waals surface area contributed by atoms with E-state index in [1.54, 1.807) is 0 Å². The van der Waals surface area contributed by atoms with Gasteiger partial charge in [-0.05, 0) is 17.7 Å². The minimum absolute atomic E-state index is 0.0975. The number of hydrogen-bond acceptors (Lipinski definition) is 1. The molecule has 0 fully saturated rings. The fourth-order valence-electron chi connectivity index (χ4n) is 1.79. The quantitative estimate of drug-likeness (QED) is 0.707. The molecule has 0 atom stereocenters. The minimum Gasteiger partial charge on any atom is -0.492 e. The minimum atomic E-state index is 0.0975. The maximum Gasteiger partial charge on any atom is 0.124 e. The van der Waals surface area contributed by atoms with Crippen LogP contribution < -0.4 is 4.74 Å². The lowest BCUT2D eigenvalue weighted by Crippen LogP contribution is -2.18. The highest BCUT2D eigenvalue weighted by molar-refractivity contribution is 9.12. The van der Waals surface area contributed by atoms with Crippen LogP contribution in [0.5, 0.6) is 5.75 Å². The lowest BCUT2D eigenvalue weighted by Gasteiger charge is -2.15. The molecule has 1 aliphatic heterocycles. The number of halogens is 1. The molecule has 1 nitrogen and oxygen atoms in total. The Kier molecular flexibility index (Phi) is 2.67. The van der Waals surface area contributed by atoms with Crippen LogP contribution in [0.15, 0.2) is 22.6 Å². The molecule has 15 heavy (non-hydrogen) atoms. The topological polar surface area (TPSA) is 9.23 Å². The summed E-state index contributed by atoms with van der Waals surface area (Å²) in [6.45, 7) is 5.12. The van der Waals surface area contributed by atoms with Gasteiger partial charge < -0.3 is 4.74 Å². The van der Waals surface area contributed by atoms with Gasteiger partial charge in [0.15, 0.2) is 0 Å². The van der Waals surface area contributed by atoms with Gasteiger partial charge in [-0.1, -0.05) is 46.3 Å². The van der Waals surface area contributed by atoms with E-state index in [0.717, 1.165) is 17.9 Å². The van der Waals surface area contributed by atoms with Crippen molar-refractivity contribution in [3.8, 4) is 5.75 Å². The Bertz CT molecular complexity index is 420. The highest BCUT2D eigenvalue weighted by atomic mass is 79.9. The molecule has 1 heterocycles. The van der Waals surface area contributed by atoms with Crippen LogP contribution in [-0.4, -0.2) is 14.5 Å². The zero-order valence-corrected chi connectivity index (χ0v) is 10.5. The van der Waals surface area contributed by atoms with Crippen LogP contribution in [0.25, 0.3) is 6.08 Å². The van der Waals surface area contributed by atoms with Gasteiger partial charge in [-0.3, -0.25) is 0 Å². The van der Waals surface area contributed by atoms with Crippen LogP contribution in [-0.2, 0) is 5.41 Å². The van der Waals surface area contributed by atoms with Crippen molar-refractivity contribution in [1.29, 1.82) is 0 Å². The molecule has 0 aliphatic carbocycles. The third-order valence-electron chi connectivity index (χ3n) is 2.63. The average Bonchev–Trinajstić information content (AvgIpc) is 2.42. The molecule has 0 unspecified atom stereocenters. The molecule has 1 aromatic carbocycles. The Morgan fingerprint density at radius 1 is 1.53 bits per heavy atom. The van der Waals surface area contributed by atoms with Gasteiger partial charge in [-0.25, -0.2) is 0 Å². The third kappa shape index (κ3) is 2.12. The molecular weight excluding hydrogens is 251 g/mol. The molecule has 0 amide bonds. The molecule has 0 N–H and O–H groups in total. The Morgan fingerprint density at radius 3 is 2.93 bits per heavy atom. The standard InChI is InChI=1S/C12H12BBrO/c1-12(2)7-15-10-4-3-8(5-9(10)12)6-11(13)14/h3-6H,7H2,1-2H3/b11-6+. The summed E-state index contributed by atoms with van der Waals surface area (Å²) >= 11 is 3.23. The summed E-state index contributed by atoms with van der Waals surface area (Å²) in [4.78, 5) is 0. The third-order valence-corrected chi connectivity index (χ3v) is 2.85. The van der Waals surface area contributed by atoms with E-state index >= 15 is 0 Å². The van der Waals surface area contributed by atoms with Crippen molar-refractivity contribution in [2.75, 3.05) is 6.61 Å². The number of hydrogen-bond donors (Lipinski definition) is 0. The molecule has 0 aromatic heterocycles. The van der Waals surface area contributed by atoms with Crippen molar-refractivity contribution in [1.82, 2.24) is 0 Å². The SMILES string of the molecule is [B]/C(Br)=C\c1ccc2c(c1)C(C)(C)CO2. The maximum atomic E-state index is 5.61. The van der Waals surface area contributed by atoms with E-state index in [9.17, 15) is 0 Å². The molecule has 0 saturated heterocycles. The molecule has 1 aromatic rings. The zero-order chi connectivity index (χ0) is 11.1. The molecular formula is C12H12BBrO. The number of rotatable bonds is 1. The van der Waals surface area contributed by atoms with E-state index in [2.05, 4.69) is 35.8 Å². The van der Waals surface area contributed by atoms with Crippen molar-refractivity contribution in [2.24, 2.45) is 0 Å². The Balaban J connectivity index is 2.46. The molecule has 2 radical (unpaired) electrons. The van der Waals surface area contributed by atoms with Crippen LogP contribution >= 0.6 is 15.9 Å². The molecule has 0 bridgehead atoms. The first-order valence-electron chi connectivity index (χ1n) is 4.89. The number of fused-ring (bicyclic) bond motifs is 1. The van der Waals surface area contributed by atoms with E-state index in [1.807, 2.05) is 18.2 Å². The van der Waals surface area contributed by atoms with E-state index < -0.39 is 0 Å². The van der Waals surface area contributed by atoms with E-state index in [-0.39, 0.29) is 5.41 Å². The Labute approximate surface area is 100 Å². The second kappa shape index (κ2) is 3.71. The summed E-state index contributed by atoms with van der Waals surface area (Å²) in [6.07, 6.45) is 1.90. The molecule has 2 rings (SSSR count). The maximum absolute atomic E-state index is 5.61. The highest BCUT2D eigenvalue weighted by Crippen LogP contribution is 2.38. The van der Waals surface area contributed by atoms with Crippen LogP contribution in [0, 0.1) is 0 Å². The summed E-state index contributed by atoms with van der Waals surface area (Å²) in [5, 5.41) is 0. The lowest BCUT2D eigenvalue weighted by molar-refractivity contribution is 0.291. The Morgan fingerprint density at radius 2 is 2.27 bits per heavy atom. The van der Waals surface area contributed by atoms with Gasteiger partial charge in [0.05, 0.1) is 6.61 Å². The normalized spacial score (nSPS) is 18.5. The molecule has 1 aliphatic rings. The largest absolute Gasteiger partial charge is 0.492 e. The fourth-order valence-corrected chi connectivity index (χ4v) is 2.05. The van der Waals surface area contributed by atoms with Gasteiger partial charge in [0.25, 0.3) is 0 Å². The van der Waals surface area contributed by atoms with Crippen molar-refractivity contribution in [2.45, 2.75) is 19.3 Å². The van der Waals surface area contributed by atoms with Crippen molar-refractivity contribution < 1.29 is 4.74 Å². The monoisotopic (exact) mass is 262 g/mol. The van der Waals surface area contributed by atoms with Crippen molar-refractivity contribution in [3.05, 3.63) is 33.7 Å². The van der Waals surface area contributed by atoms with Crippen molar-refractivity contribution >= 4 is 29.9 Å². The van der Waals surface area contributed by atoms with E-state index in [1.165, 1.54) is 5.56 Å². The van der Waals surface area contributed by atoms with Gasteiger partial charge in [-0.2, -0.15) is 0 Å². The summed E-state index contributed by atoms with van der Waals surface area (Å²) in [7, 11) is 5.58. The average molecular weight is 263 g/mol. The fraction of sp³-hybridized carbons (Fsp3) is 0.333. The van der Waals surface area contributed by atoms with E-state index in [4.69, 9.17) is 12.6 Å². The van der Waals surface area contributed by atoms with Crippen LogP contribution in [0.1, 0.15) is 25.0 Å². The van der Waals surface area contributed by atoms with Crippen molar-refractivity contribution in [3.63, 3.8) is 0 Å². The molecule has 0 saturated carbocycles. The molecule has 3 heteroatoms. The second-order valence-corrected chi connectivity index (χ2v) is 5.37. The summed E-state index contributed by atoms with van der Waals surface area (Å²) in [5.41, 5.74) is 2.45. The smallest absolute Gasteiger partial charge is 0.124 e. The van der Waals surface area contributed by atoms with Gasteiger partial charge in [0, 0.05) is 11.0 Å². The first-order valence-corrected chi connectivity index (χ1v) is 5.68. The predicted molar refractivity (Wildman–Crippen MR) is 67.6 cm³/mol. The number of ether oxygens (including phenoxy) is 1. The summed E-state index contributed by atoms with van der Waals surface area (Å²) in [6, 6.07) is 6.15. The van der Waals surface area contributed by atoms with Crippen LogP contribution in [0.4, 0.5) is 0 Å². The lowest BCUT2D eigenvalue weighted by atomic mass is 9.86. The van der Waals surface area contributed by atoms with Gasteiger partial charge in [0.1, 0.15) is 13.6 Å². The predicted octanol–water partition coefficient (Wildman–Crippen LogP) is 3.22. The highest BCUT2D eigenvalue weighted by Gasteiger charge is 2.31. The first-order chi connectivity index (χ1) is 6.99. The molecule has 76 valence electrons. The second-order valence-electron chi connectivity index (χ2n) is 4.46. The van der Waals surface area contributed by atoms with Gasteiger partial charge >= 0.3 is 0 Å². The van der Waals surface area contributed by atoms with E-state index in [0.29, 0.717) is 4.38 Å². The Hall–Kier alpha value is -0.695. The van der Waals surface area contributed by atoms with Gasteiger partial charge in [0.2, 0.25) is 0 Å². The van der Waals surface area contributed by atoms with Crippen LogP contribution in [0.3, 0.4) is 0 Å². The molecule has 0 spiro atoms. The summed E-state index contributed by atoms with van der Waals surface area (Å²) in [5.74, 6) is 0.991. The first kappa shape index (κ1) is 10.8. The van der Waals surface area contributed by atoms with Gasteiger partial charge in [-0.15, -0.1) is 0 Å². The summed E-state index contributed by atoms with van der Waals surface area (Å²) < 4.78 is 6.25. The zero-order valence-electron chi connectivity index (χ0n) is 8.88. The number of benzene rings is 1.